The van der Waals surface area contributed by atoms with Crippen molar-refractivity contribution in [2.75, 3.05) is 0 Å². The molecule has 21 heavy (non-hydrogen) atoms. The van der Waals surface area contributed by atoms with Crippen molar-refractivity contribution < 1.29 is 9.21 Å². The van der Waals surface area contributed by atoms with Crippen LogP contribution in [0.25, 0.3) is 11.1 Å². The van der Waals surface area contributed by atoms with Crippen LogP contribution in [0.4, 0.5) is 0 Å². The Hall–Kier alpha value is -1.56. The SMILES string of the molecule is CC(C)N(C(=O)Cn1c(=O)oc2ccc(Br)cc21)C(C)C. The molecule has 0 aliphatic carbocycles. The molecule has 0 aliphatic heterocycles. The molecular formula is C15H19BrN2O3. The highest BCUT2D eigenvalue weighted by molar-refractivity contribution is 9.10. The smallest absolute Gasteiger partial charge is 0.408 e. The highest BCUT2D eigenvalue weighted by atomic mass is 79.9. The van der Waals surface area contributed by atoms with Crippen molar-refractivity contribution in [1.29, 1.82) is 0 Å². The fraction of sp³-hybridized carbons (Fsp3) is 0.467. The third-order valence-electron chi connectivity index (χ3n) is 3.32. The maximum absolute atomic E-state index is 12.5. The highest BCUT2D eigenvalue weighted by Gasteiger charge is 2.22. The van der Waals surface area contributed by atoms with E-state index in [1.807, 2.05) is 27.7 Å². The van der Waals surface area contributed by atoms with Gasteiger partial charge in [-0.2, -0.15) is 0 Å². The van der Waals surface area contributed by atoms with Gasteiger partial charge in [-0.25, -0.2) is 4.79 Å². The van der Waals surface area contributed by atoms with Gasteiger partial charge < -0.3 is 9.32 Å². The zero-order chi connectivity index (χ0) is 15.7. The van der Waals surface area contributed by atoms with E-state index in [1.165, 1.54) is 4.57 Å². The van der Waals surface area contributed by atoms with Crippen LogP contribution < -0.4 is 5.76 Å². The molecule has 6 heteroatoms. The summed E-state index contributed by atoms with van der Waals surface area (Å²) in [5.41, 5.74) is 1.10. The van der Waals surface area contributed by atoms with E-state index in [0.29, 0.717) is 11.1 Å². The second-order valence-corrected chi connectivity index (χ2v) is 6.47. The average Bonchev–Trinajstić information content (AvgIpc) is 2.65. The van der Waals surface area contributed by atoms with E-state index in [1.54, 1.807) is 23.1 Å². The van der Waals surface area contributed by atoms with Crippen molar-refractivity contribution in [2.45, 2.75) is 46.3 Å². The Kier molecular flexibility index (Phi) is 4.56. The standard InChI is InChI=1S/C15H19BrN2O3/c1-9(2)18(10(3)4)14(19)8-17-12-7-11(16)5-6-13(12)21-15(17)20/h5-7,9-10H,8H2,1-4H3. The maximum Gasteiger partial charge on any atom is 0.420 e. The molecule has 0 saturated carbocycles. The summed E-state index contributed by atoms with van der Waals surface area (Å²) in [6.45, 7) is 7.84. The number of hydrogen-bond donors (Lipinski definition) is 0. The first-order valence-corrected chi connectivity index (χ1v) is 7.70. The van der Waals surface area contributed by atoms with Crippen LogP contribution in [0.3, 0.4) is 0 Å². The predicted octanol–water partition coefficient (Wildman–Crippen LogP) is 3.00. The van der Waals surface area contributed by atoms with Crippen LogP contribution in [0.15, 0.2) is 31.9 Å². The molecule has 2 rings (SSSR count). The second kappa shape index (κ2) is 6.05. The molecule has 1 amide bonds. The minimum atomic E-state index is -0.510. The minimum absolute atomic E-state index is 0.0152. The van der Waals surface area contributed by atoms with Gasteiger partial charge in [-0.3, -0.25) is 9.36 Å². The number of oxazole rings is 1. The van der Waals surface area contributed by atoms with E-state index in [4.69, 9.17) is 4.42 Å². The van der Waals surface area contributed by atoms with Gasteiger partial charge in [0, 0.05) is 16.6 Å². The molecule has 1 aromatic carbocycles. The van der Waals surface area contributed by atoms with Gasteiger partial charge in [0.25, 0.3) is 0 Å². The first-order chi connectivity index (χ1) is 9.81. The Morgan fingerprint density at radius 3 is 2.48 bits per heavy atom. The van der Waals surface area contributed by atoms with Gasteiger partial charge in [0.05, 0.1) is 5.52 Å². The Balaban J connectivity index is 2.39. The monoisotopic (exact) mass is 354 g/mol. The predicted molar refractivity (Wildman–Crippen MR) is 85.3 cm³/mol. The number of aromatic nitrogens is 1. The third-order valence-corrected chi connectivity index (χ3v) is 3.82. The van der Waals surface area contributed by atoms with Gasteiger partial charge in [-0.15, -0.1) is 0 Å². The van der Waals surface area contributed by atoms with Crippen LogP contribution in [0, 0.1) is 0 Å². The second-order valence-electron chi connectivity index (χ2n) is 5.55. The van der Waals surface area contributed by atoms with Crippen molar-refractivity contribution in [3.8, 4) is 0 Å². The van der Waals surface area contributed by atoms with Gasteiger partial charge in [-0.1, -0.05) is 15.9 Å². The summed E-state index contributed by atoms with van der Waals surface area (Å²) < 4.78 is 7.38. The molecule has 5 nitrogen and oxygen atoms in total. The van der Waals surface area contributed by atoms with Crippen LogP contribution in [-0.4, -0.2) is 27.5 Å². The van der Waals surface area contributed by atoms with E-state index in [0.717, 1.165) is 4.47 Å². The van der Waals surface area contributed by atoms with Crippen molar-refractivity contribution >= 4 is 32.9 Å². The summed E-state index contributed by atoms with van der Waals surface area (Å²) in [5, 5.41) is 0. The van der Waals surface area contributed by atoms with Crippen LogP contribution in [0.5, 0.6) is 0 Å². The summed E-state index contributed by atoms with van der Waals surface area (Å²) in [5.74, 6) is -0.603. The molecule has 2 aromatic rings. The summed E-state index contributed by atoms with van der Waals surface area (Å²) in [6, 6.07) is 5.45. The lowest BCUT2D eigenvalue weighted by molar-refractivity contribution is -0.135. The molecule has 0 bridgehead atoms. The lowest BCUT2D eigenvalue weighted by Gasteiger charge is -2.30. The van der Waals surface area contributed by atoms with Crippen molar-refractivity contribution in [3.63, 3.8) is 0 Å². The Morgan fingerprint density at radius 2 is 1.90 bits per heavy atom. The van der Waals surface area contributed by atoms with Gasteiger partial charge in [0.2, 0.25) is 5.91 Å². The van der Waals surface area contributed by atoms with E-state index < -0.39 is 5.76 Å². The molecule has 114 valence electrons. The van der Waals surface area contributed by atoms with Crippen LogP contribution >= 0.6 is 15.9 Å². The maximum atomic E-state index is 12.5. The molecule has 0 saturated heterocycles. The number of halogens is 1. The summed E-state index contributed by atoms with van der Waals surface area (Å²) >= 11 is 3.37. The third kappa shape index (κ3) is 3.20. The number of nitrogens with zero attached hydrogens (tertiary/aromatic N) is 2. The lowest BCUT2D eigenvalue weighted by Crippen LogP contribution is -2.44. The molecule has 0 radical (unpaired) electrons. The average molecular weight is 355 g/mol. The largest absolute Gasteiger partial charge is 0.420 e. The molecule has 1 aromatic heterocycles. The molecule has 0 aliphatic rings. The number of benzene rings is 1. The van der Waals surface area contributed by atoms with Crippen LogP contribution in [-0.2, 0) is 11.3 Å². The van der Waals surface area contributed by atoms with Crippen molar-refractivity contribution in [3.05, 3.63) is 33.2 Å². The molecule has 0 fully saturated rings. The molecule has 0 N–H and O–H groups in total. The van der Waals surface area contributed by atoms with E-state index in [9.17, 15) is 9.59 Å². The fourth-order valence-electron chi connectivity index (χ4n) is 2.57. The number of carbonyl (C=O) groups is 1. The van der Waals surface area contributed by atoms with E-state index in [-0.39, 0.29) is 24.5 Å². The van der Waals surface area contributed by atoms with Crippen molar-refractivity contribution in [1.82, 2.24) is 9.47 Å². The normalized spacial score (nSPS) is 11.6. The minimum Gasteiger partial charge on any atom is -0.408 e. The lowest BCUT2D eigenvalue weighted by atomic mass is 10.2. The van der Waals surface area contributed by atoms with Gasteiger partial charge >= 0.3 is 5.76 Å². The quantitative estimate of drug-likeness (QED) is 0.847. The zero-order valence-electron chi connectivity index (χ0n) is 12.6. The topological polar surface area (TPSA) is 55.5 Å². The zero-order valence-corrected chi connectivity index (χ0v) is 14.2. The number of carbonyl (C=O) groups excluding carboxylic acids is 1. The first-order valence-electron chi connectivity index (χ1n) is 6.91. The van der Waals surface area contributed by atoms with Crippen LogP contribution in [0.2, 0.25) is 0 Å². The van der Waals surface area contributed by atoms with Gasteiger partial charge in [-0.05, 0) is 45.9 Å². The van der Waals surface area contributed by atoms with Crippen LogP contribution in [0.1, 0.15) is 27.7 Å². The number of amides is 1. The fourth-order valence-corrected chi connectivity index (χ4v) is 2.92. The first kappa shape index (κ1) is 15.8. The van der Waals surface area contributed by atoms with E-state index in [2.05, 4.69) is 15.9 Å². The number of hydrogen-bond acceptors (Lipinski definition) is 3. The Morgan fingerprint density at radius 1 is 1.29 bits per heavy atom. The molecule has 0 unspecified atom stereocenters. The summed E-state index contributed by atoms with van der Waals surface area (Å²) in [6.07, 6.45) is 0. The summed E-state index contributed by atoms with van der Waals surface area (Å²) in [7, 11) is 0. The Bertz CT molecular complexity index is 707. The molecule has 1 heterocycles. The molecule has 0 atom stereocenters. The number of rotatable bonds is 4. The molecule has 0 spiro atoms. The Labute approximate surface area is 131 Å². The van der Waals surface area contributed by atoms with Gasteiger partial charge in [0.15, 0.2) is 5.58 Å². The van der Waals surface area contributed by atoms with Gasteiger partial charge in [0.1, 0.15) is 6.54 Å². The number of fused-ring (bicyclic) bond motifs is 1. The summed E-state index contributed by atoms with van der Waals surface area (Å²) in [4.78, 5) is 26.2. The van der Waals surface area contributed by atoms with Crippen molar-refractivity contribution in [2.24, 2.45) is 0 Å². The highest BCUT2D eigenvalue weighted by Crippen LogP contribution is 2.19. The molecular weight excluding hydrogens is 336 g/mol. The van der Waals surface area contributed by atoms with E-state index >= 15 is 0 Å².